The van der Waals surface area contributed by atoms with E-state index in [0.717, 1.165) is 5.56 Å². The first-order valence-electron chi connectivity index (χ1n) is 5.50. The predicted molar refractivity (Wildman–Crippen MR) is 57.7 cm³/mol. The van der Waals surface area contributed by atoms with Crippen LogP contribution in [0.25, 0.3) is 0 Å². The van der Waals surface area contributed by atoms with Gasteiger partial charge < -0.3 is 10.1 Å². The lowest BCUT2D eigenvalue weighted by atomic mass is 10.2. The third-order valence-corrected chi connectivity index (χ3v) is 2.50. The summed E-state index contributed by atoms with van der Waals surface area (Å²) in [5, 5.41) is 3.30. The molecule has 0 spiro atoms. The SMILES string of the molecule is FCCOc1ccc(CNC2CC2)cc1F. The van der Waals surface area contributed by atoms with Gasteiger partial charge in [-0.1, -0.05) is 6.07 Å². The average molecular weight is 227 g/mol. The van der Waals surface area contributed by atoms with Gasteiger partial charge in [-0.05, 0) is 30.5 Å². The maximum Gasteiger partial charge on any atom is 0.165 e. The number of alkyl halides is 1. The van der Waals surface area contributed by atoms with Crippen LogP contribution in [0, 0.1) is 5.82 Å². The molecule has 0 unspecified atom stereocenters. The average Bonchev–Trinajstić information content (AvgIpc) is 3.09. The summed E-state index contributed by atoms with van der Waals surface area (Å²) in [6.07, 6.45) is 2.42. The van der Waals surface area contributed by atoms with Crippen LogP contribution < -0.4 is 10.1 Å². The Kier molecular flexibility index (Phi) is 3.72. The van der Waals surface area contributed by atoms with Gasteiger partial charge in [0.25, 0.3) is 0 Å². The standard InChI is InChI=1S/C12H15F2NO/c13-5-6-16-12-4-1-9(7-11(12)14)8-15-10-2-3-10/h1,4,7,10,15H,2-3,5-6,8H2. The largest absolute Gasteiger partial charge is 0.488 e. The first kappa shape index (κ1) is 11.3. The van der Waals surface area contributed by atoms with Gasteiger partial charge in [-0.25, -0.2) is 8.78 Å². The van der Waals surface area contributed by atoms with Crippen LogP contribution in [0.15, 0.2) is 18.2 Å². The molecular weight excluding hydrogens is 212 g/mol. The Morgan fingerprint density at radius 3 is 2.81 bits per heavy atom. The van der Waals surface area contributed by atoms with Gasteiger partial charge in [0.2, 0.25) is 0 Å². The zero-order chi connectivity index (χ0) is 11.4. The van der Waals surface area contributed by atoms with E-state index < -0.39 is 12.5 Å². The molecule has 0 radical (unpaired) electrons. The Labute approximate surface area is 93.6 Å². The molecule has 1 fully saturated rings. The van der Waals surface area contributed by atoms with Gasteiger partial charge in [-0.2, -0.15) is 0 Å². The number of halogens is 2. The third-order valence-electron chi connectivity index (χ3n) is 2.50. The molecule has 0 bridgehead atoms. The molecule has 16 heavy (non-hydrogen) atoms. The molecule has 2 nitrogen and oxygen atoms in total. The molecule has 88 valence electrons. The Morgan fingerprint density at radius 1 is 1.38 bits per heavy atom. The van der Waals surface area contributed by atoms with Crippen LogP contribution in [0.3, 0.4) is 0 Å². The van der Waals surface area contributed by atoms with E-state index >= 15 is 0 Å². The van der Waals surface area contributed by atoms with Crippen LogP contribution in [0.4, 0.5) is 8.78 Å². The summed E-state index contributed by atoms with van der Waals surface area (Å²) < 4.78 is 30.2. The maximum absolute atomic E-state index is 13.4. The fourth-order valence-corrected chi connectivity index (χ4v) is 1.47. The molecule has 0 saturated heterocycles. The first-order valence-corrected chi connectivity index (χ1v) is 5.50. The molecule has 1 aliphatic rings. The van der Waals surface area contributed by atoms with Gasteiger partial charge in [0, 0.05) is 12.6 Å². The summed E-state index contributed by atoms with van der Waals surface area (Å²) in [6.45, 7) is -0.0357. The minimum Gasteiger partial charge on any atom is -0.488 e. The highest BCUT2D eigenvalue weighted by atomic mass is 19.1. The molecule has 1 aliphatic carbocycles. The van der Waals surface area contributed by atoms with Crippen molar-refractivity contribution in [1.82, 2.24) is 5.32 Å². The summed E-state index contributed by atoms with van der Waals surface area (Å²) in [4.78, 5) is 0. The van der Waals surface area contributed by atoms with E-state index in [9.17, 15) is 8.78 Å². The molecule has 0 aliphatic heterocycles. The van der Waals surface area contributed by atoms with Crippen molar-refractivity contribution in [2.75, 3.05) is 13.3 Å². The lowest BCUT2D eigenvalue weighted by molar-refractivity contribution is 0.262. The van der Waals surface area contributed by atoms with Crippen molar-refractivity contribution in [2.45, 2.75) is 25.4 Å². The van der Waals surface area contributed by atoms with Crippen LogP contribution in [-0.2, 0) is 6.54 Å². The molecule has 0 aromatic heterocycles. The summed E-state index contributed by atoms with van der Waals surface area (Å²) in [5.41, 5.74) is 0.886. The van der Waals surface area contributed by atoms with Crippen molar-refractivity contribution >= 4 is 0 Å². The number of hydrogen-bond donors (Lipinski definition) is 1. The monoisotopic (exact) mass is 227 g/mol. The number of rotatable bonds is 6. The van der Waals surface area contributed by atoms with Gasteiger partial charge in [-0.15, -0.1) is 0 Å². The Balaban J connectivity index is 1.91. The second kappa shape index (κ2) is 5.25. The van der Waals surface area contributed by atoms with Crippen molar-refractivity contribution in [2.24, 2.45) is 0 Å². The van der Waals surface area contributed by atoms with E-state index in [4.69, 9.17) is 4.74 Å². The zero-order valence-electron chi connectivity index (χ0n) is 9.01. The van der Waals surface area contributed by atoms with E-state index in [1.165, 1.54) is 18.9 Å². The maximum atomic E-state index is 13.4. The molecule has 0 amide bonds. The van der Waals surface area contributed by atoms with Crippen molar-refractivity contribution in [3.63, 3.8) is 0 Å². The summed E-state index contributed by atoms with van der Waals surface area (Å²) >= 11 is 0. The van der Waals surface area contributed by atoms with Crippen LogP contribution in [0.5, 0.6) is 5.75 Å². The molecule has 0 atom stereocenters. The predicted octanol–water partition coefficient (Wildman–Crippen LogP) is 2.43. The molecular formula is C12H15F2NO. The van der Waals surface area contributed by atoms with Gasteiger partial charge in [0.05, 0.1) is 0 Å². The molecule has 0 heterocycles. The van der Waals surface area contributed by atoms with Crippen molar-refractivity contribution < 1.29 is 13.5 Å². The first-order chi connectivity index (χ1) is 7.79. The topological polar surface area (TPSA) is 21.3 Å². The zero-order valence-corrected chi connectivity index (χ0v) is 9.01. The molecule has 1 aromatic rings. The Hall–Kier alpha value is -1.16. The Bertz CT molecular complexity index is 353. The van der Waals surface area contributed by atoms with Crippen LogP contribution in [0.2, 0.25) is 0 Å². The number of benzene rings is 1. The summed E-state index contributed by atoms with van der Waals surface area (Å²) in [5.74, 6) is -0.309. The van der Waals surface area contributed by atoms with Crippen molar-refractivity contribution in [3.05, 3.63) is 29.6 Å². The van der Waals surface area contributed by atoms with E-state index in [0.29, 0.717) is 12.6 Å². The van der Waals surface area contributed by atoms with Crippen molar-refractivity contribution in [1.29, 1.82) is 0 Å². The van der Waals surface area contributed by atoms with E-state index in [-0.39, 0.29) is 12.4 Å². The number of hydrogen-bond acceptors (Lipinski definition) is 2. The Morgan fingerprint density at radius 2 is 2.19 bits per heavy atom. The van der Waals surface area contributed by atoms with Gasteiger partial charge in [0.1, 0.15) is 13.3 Å². The molecule has 1 N–H and O–H groups in total. The molecule has 2 rings (SSSR count). The fraction of sp³-hybridized carbons (Fsp3) is 0.500. The van der Waals surface area contributed by atoms with Crippen LogP contribution >= 0.6 is 0 Å². The van der Waals surface area contributed by atoms with E-state index in [1.807, 2.05) is 0 Å². The van der Waals surface area contributed by atoms with Crippen LogP contribution in [-0.4, -0.2) is 19.3 Å². The van der Waals surface area contributed by atoms with Gasteiger partial charge >= 0.3 is 0 Å². The lowest BCUT2D eigenvalue weighted by Gasteiger charge is -2.07. The van der Waals surface area contributed by atoms with Crippen molar-refractivity contribution in [3.8, 4) is 5.75 Å². The lowest BCUT2D eigenvalue weighted by Crippen LogP contribution is -2.15. The smallest absolute Gasteiger partial charge is 0.165 e. The van der Waals surface area contributed by atoms with Crippen LogP contribution in [0.1, 0.15) is 18.4 Å². The fourth-order valence-electron chi connectivity index (χ4n) is 1.47. The van der Waals surface area contributed by atoms with Gasteiger partial charge in [0.15, 0.2) is 11.6 Å². The highest BCUT2D eigenvalue weighted by Gasteiger charge is 2.20. The molecule has 1 aromatic carbocycles. The number of nitrogens with one attached hydrogen (secondary N) is 1. The summed E-state index contributed by atoms with van der Waals surface area (Å²) in [6, 6.07) is 5.38. The third kappa shape index (κ3) is 3.17. The minimum atomic E-state index is -0.607. The summed E-state index contributed by atoms with van der Waals surface area (Å²) in [7, 11) is 0. The minimum absolute atomic E-state index is 0.101. The molecule has 4 heteroatoms. The van der Waals surface area contributed by atoms with Gasteiger partial charge in [-0.3, -0.25) is 0 Å². The van der Waals surface area contributed by atoms with E-state index in [1.54, 1.807) is 12.1 Å². The second-order valence-electron chi connectivity index (χ2n) is 3.96. The highest BCUT2D eigenvalue weighted by Crippen LogP contribution is 2.21. The van der Waals surface area contributed by atoms with E-state index in [2.05, 4.69) is 5.32 Å². The normalized spacial score (nSPS) is 15.1. The number of ether oxygens (including phenoxy) is 1. The second-order valence-corrected chi connectivity index (χ2v) is 3.96. The molecule has 1 saturated carbocycles. The quantitative estimate of drug-likeness (QED) is 0.805. The highest BCUT2D eigenvalue weighted by molar-refractivity contribution is 5.29.